The first-order valence-electron chi connectivity index (χ1n) is 6.26. The second-order valence-corrected chi connectivity index (χ2v) is 4.33. The first kappa shape index (κ1) is 14.6. The summed E-state index contributed by atoms with van der Waals surface area (Å²) in [7, 11) is 1.54. The van der Waals surface area contributed by atoms with E-state index in [9.17, 15) is 9.18 Å². The molecule has 0 heterocycles. The highest BCUT2D eigenvalue weighted by Crippen LogP contribution is 2.22. The molecule has 0 spiro atoms. The van der Waals surface area contributed by atoms with Crippen LogP contribution in [0, 0.1) is 5.82 Å². The minimum atomic E-state index is -0.350. The van der Waals surface area contributed by atoms with Gasteiger partial charge in [0.2, 0.25) is 5.91 Å². The molecule has 2 rings (SSSR count). The fourth-order valence-electron chi connectivity index (χ4n) is 1.75. The SMILES string of the molecule is COc1ccc(/C=C/C(=O)Nc2ccc(F)cc2)cc1N. The molecule has 108 valence electrons. The van der Waals surface area contributed by atoms with Crippen molar-refractivity contribution in [3.63, 3.8) is 0 Å². The summed E-state index contributed by atoms with van der Waals surface area (Å²) in [4.78, 5) is 11.7. The van der Waals surface area contributed by atoms with E-state index in [-0.39, 0.29) is 11.7 Å². The third-order valence-corrected chi connectivity index (χ3v) is 2.79. The summed E-state index contributed by atoms with van der Waals surface area (Å²) in [6.45, 7) is 0. The number of nitrogens with two attached hydrogens (primary N) is 1. The highest BCUT2D eigenvalue weighted by Gasteiger charge is 2.00. The van der Waals surface area contributed by atoms with E-state index < -0.39 is 0 Å². The van der Waals surface area contributed by atoms with Crippen LogP contribution < -0.4 is 15.8 Å². The van der Waals surface area contributed by atoms with E-state index in [4.69, 9.17) is 10.5 Å². The average molecular weight is 286 g/mol. The maximum atomic E-state index is 12.7. The van der Waals surface area contributed by atoms with Crippen LogP contribution in [0.2, 0.25) is 0 Å². The summed E-state index contributed by atoms with van der Waals surface area (Å²) in [5, 5.41) is 2.63. The first-order valence-corrected chi connectivity index (χ1v) is 6.26. The lowest BCUT2D eigenvalue weighted by atomic mass is 10.1. The van der Waals surface area contributed by atoms with E-state index >= 15 is 0 Å². The molecule has 0 aliphatic heterocycles. The molecule has 0 fully saturated rings. The molecule has 21 heavy (non-hydrogen) atoms. The van der Waals surface area contributed by atoms with Crippen molar-refractivity contribution in [2.24, 2.45) is 0 Å². The van der Waals surface area contributed by atoms with Crippen molar-refractivity contribution in [2.45, 2.75) is 0 Å². The molecule has 0 aliphatic carbocycles. The van der Waals surface area contributed by atoms with E-state index in [0.717, 1.165) is 5.56 Å². The molecular weight excluding hydrogens is 271 g/mol. The lowest BCUT2D eigenvalue weighted by molar-refractivity contribution is -0.111. The molecule has 0 bridgehead atoms. The topological polar surface area (TPSA) is 64.3 Å². The molecule has 0 saturated carbocycles. The van der Waals surface area contributed by atoms with Crippen molar-refractivity contribution in [2.75, 3.05) is 18.2 Å². The fraction of sp³-hybridized carbons (Fsp3) is 0.0625. The van der Waals surface area contributed by atoms with Gasteiger partial charge in [0.15, 0.2) is 0 Å². The molecule has 0 aliphatic rings. The highest BCUT2D eigenvalue weighted by atomic mass is 19.1. The number of amides is 1. The standard InChI is InChI=1S/C16H15FN2O2/c1-21-15-8-2-11(10-14(15)18)3-9-16(20)19-13-6-4-12(17)5-7-13/h2-10H,18H2,1H3,(H,19,20)/b9-3+. The number of ether oxygens (including phenoxy) is 1. The van der Waals surface area contributed by atoms with Crippen LogP contribution in [-0.2, 0) is 4.79 Å². The Morgan fingerprint density at radius 1 is 1.24 bits per heavy atom. The Kier molecular flexibility index (Phi) is 4.56. The van der Waals surface area contributed by atoms with Gasteiger partial charge in [-0.2, -0.15) is 0 Å². The summed E-state index contributed by atoms with van der Waals surface area (Å²) >= 11 is 0. The number of halogens is 1. The van der Waals surface area contributed by atoms with Crippen molar-refractivity contribution >= 4 is 23.4 Å². The summed E-state index contributed by atoms with van der Waals surface area (Å²) in [6.07, 6.45) is 3.01. The molecule has 1 amide bonds. The second-order valence-electron chi connectivity index (χ2n) is 4.33. The number of rotatable bonds is 4. The van der Waals surface area contributed by atoms with Crippen molar-refractivity contribution < 1.29 is 13.9 Å². The number of anilines is 2. The zero-order valence-electron chi connectivity index (χ0n) is 11.5. The van der Waals surface area contributed by atoms with Gasteiger partial charge in [0.25, 0.3) is 0 Å². The van der Waals surface area contributed by atoms with Gasteiger partial charge in [-0.15, -0.1) is 0 Å². The first-order chi connectivity index (χ1) is 10.1. The van der Waals surface area contributed by atoms with Crippen LogP contribution in [0.25, 0.3) is 6.08 Å². The number of hydrogen-bond acceptors (Lipinski definition) is 3. The van der Waals surface area contributed by atoms with Crippen molar-refractivity contribution in [1.29, 1.82) is 0 Å². The van der Waals surface area contributed by atoms with Crippen LogP contribution in [0.4, 0.5) is 15.8 Å². The Hall–Kier alpha value is -2.82. The van der Waals surface area contributed by atoms with Gasteiger partial charge >= 0.3 is 0 Å². The third kappa shape index (κ3) is 4.07. The van der Waals surface area contributed by atoms with Gasteiger partial charge in [-0.3, -0.25) is 4.79 Å². The molecule has 0 radical (unpaired) electrons. The Labute approximate surface area is 122 Å². The Morgan fingerprint density at radius 3 is 2.57 bits per heavy atom. The molecule has 5 heteroatoms. The van der Waals surface area contributed by atoms with Crippen molar-refractivity contribution in [3.05, 3.63) is 59.9 Å². The number of hydrogen-bond donors (Lipinski definition) is 2. The largest absolute Gasteiger partial charge is 0.495 e. The van der Waals surface area contributed by atoms with Crippen LogP contribution in [0.1, 0.15) is 5.56 Å². The molecule has 2 aromatic carbocycles. The zero-order valence-corrected chi connectivity index (χ0v) is 11.5. The Bertz CT molecular complexity index is 666. The number of nitrogen functional groups attached to an aromatic ring is 1. The predicted octanol–water partition coefficient (Wildman–Crippen LogP) is 3.07. The van der Waals surface area contributed by atoms with Gasteiger partial charge < -0.3 is 15.8 Å². The third-order valence-electron chi connectivity index (χ3n) is 2.79. The van der Waals surface area contributed by atoms with Gasteiger partial charge in [-0.1, -0.05) is 6.07 Å². The number of nitrogens with one attached hydrogen (secondary N) is 1. The van der Waals surface area contributed by atoms with Crippen LogP contribution in [0.15, 0.2) is 48.5 Å². The normalized spacial score (nSPS) is 10.6. The zero-order chi connectivity index (χ0) is 15.2. The highest BCUT2D eigenvalue weighted by molar-refractivity contribution is 6.01. The summed E-state index contributed by atoms with van der Waals surface area (Å²) < 4.78 is 17.8. The van der Waals surface area contributed by atoms with Crippen molar-refractivity contribution in [3.8, 4) is 5.75 Å². The Morgan fingerprint density at radius 2 is 1.95 bits per heavy atom. The Balaban J connectivity index is 2.01. The van der Waals surface area contributed by atoms with Crippen LogP contribution in [0.5, 0.6) is 5.75 Å². The minimum Gasteiger partial charge on any atom is -0.495 e. The number of benzene rings is 2. The molecule has 0 aromatic heterocycles. The van der Waals surface area contributed by atoms with Gasteiger partial charge in [0.05, 0.1) is 12.8 Å². The quantitative estimate of drug-likeness (QED) is 0.670. The summed E-state index contributed by atoms with van der Waals surface area (Å²) in [5.41, 5.74) is 7.59. The van der Waals surface area contributed by atoms with Crippen LogP contribution >= 0.6 is 0 Å². The van der Waals surface area contributed by atoms with E-state index in [1.807, 2.05) is 0 Å². The monoisotopic (exact) mass is 286 g/mol. The fourth-order valence-corrected chi connectivity index (χ4v) is 1.75. The number of carbonyl (C=O) groups excluding carboxylic acids is 1. The maximum Gasteiger partial charge on any atom is 0.248 e. The molecule has 0 atom stereocenters. The lowest BCUT2D eigenvalue weighted by Crippen LogP contribution is -2.07. The maximum absolute atomic E-state index is 12.7. The molecule has 0 unspecified atom stereocenters. The van der Waals surface area contributed by atoms with E-state index in [0.29, 0.717) is 17.1 Å². The molecule has 3 N–H and O–H groups in total. The van der Waals surface area contributed by atoms with Gasteiger partial charge in [0.1, 0.15) is 11.6 Å². The lowest BCUT2D eigenvalue weighted by Gasteiger charge is -2.04. The minimum absolute atomic E-state index is 0.309. The van der Waals surface area contributed by atoms with Gasteiger partial charge in [-0.05, 0) is 48.0 Å². The molecule has 0 saturated heterocycles. The molecular formula is C16H15FN2O2. The van der Waals surface area contributed by atoms with Crippen molar-refractivity contribution in [1.82, 2.24) is 0 Å². The summed E-state index contributed by atoms with van der Waals surface area (Å²) in [5.74, 6) is -0.0730. The van der Waals surface area contributed by atoms with Crippen LogP contribution in [-0.4, -0.2) is 13.0 Å². The van der Waals surface area contributed by atoms with Crippen LogP contribution in [0.3, 0.4) is 0 Å². The van der Waals surface area contributed by atoms with E-state index in [2.05, 4.69) is 5.32 Å². The average Bonchev–Trinajstić information content (AvgIpc) is 2.48. The number of methoxy groups -OCH3 is 1. The second kappa shape index (κ2) is 6.56. The van der Waals surface area contributed by atoms with E-state index in [1.165, 1.54) is 37.5 Å². The van der Waals surface area contributed by atoms with Gasteiger partial charge in [-0.25, -0.2) is 4.39 Å². The predicted molar refractivity (Wildman–Crippen MR) is 81.5 cm³/mol. The van der Waals surface area contributed by atoms with Gasteiger partial charge in [0, 0.05) is 11.8 Å². The molecule has 4 nitrogen and oxygen atoms in total. The smallest absolute Gasteiger partial charge is 0.248 e. The summed E-state index contributed by atoms with van der Waals surface area (Å²) in [6, 6.07) is 10.8. The number of carbonyl (C=O) groups is 1. The van der Waals surface area contributed by atoms with E-state index in [1.54, 1.807) is 24.3 Å². The molecule has 2 aromatic rings.